The summed E-state index contributed by atoms with van der Waals surface area (Å²) in [5.41, 5.74) is 2.25. The fourth-order valence-corrected chi connectivity index (χ4v) is 3.07. The van der Waals surface area contributed by atoms with Gasteiger partial charge in [0.25, 0.3) is 11.5 Å². The fourth-order valence-electron chi connectivity index (χ4n) is 2.36. The highest BCUT2D eigenvalue weighted by Crippen LogP contribution is 2.14. The summed E-state index contributed by atoms with van der Waals surface area (Å²) in [6.45, 7) is 3.85. The van der Waals surface area contributed by atoms with Gasteiger partial charge in [-0.1, -0.05) is 17.7 Å². The van der Waals surface area contributed by atoms with Crippen molar-refractivity contribution in [2.45, 2.75) is 26.8 Å². The van der Waals surface area contributed by atoms with E-state index in [1.54, 1.807) is 12.1 Å². The number of thiazole rings is 1. The average Bonchev–Trinajstić information content (AvgIpc) is 3.07. The second kappa shape index (κ2) is 8.57. The fraction of sp³-hybridized carbons (Fsp3) is 0.211. The maximum absolute atomic E-state index is 12.4. The molecule has 0 saturated carbocycles. The van der Waals surface area contributed by atoms with Crippen molar-refractivity contribution < 1.29 is 9.59 Å². The molecule has 8 nitrogen and oxygen atoms in total. The molecule has 2 heterocycles. The molecule has 2 N–H and O–H groups in total. The number of carbonyl (C=O) groups excluding carboxylic acids is 2. The Balaban J connectivity index is 1.63. The van der Waals surface area contributed by atoms with E-state index >= 15 is 0 Å². The lowest BCUT2D eigenvalue weighted by molar-refractivity contribution is -0.116. The largest absolute Gasteiger partial charge is 0.321 e. The minimum atomic E-state index is -0.430. The van der Waals surface area contributed by atoms with Gasteiger partial charge < -0.3 is 10.6 Å². The first-order valence-electron chi connectivity index (χ1n) is 8.59. The van der Waals surface area contributed by atoms with E-state index in [9.17, 15) is 14.4 Å². The summed E-state index contributed by atoms with van der Waals surface area (Å²) in [6, 6.07) is 9.96. The van der Waals surface area contributed by atoms with Crippen molar-refractivity contribution in [1.82, 2.24) is 14.8 Å². The van der Waals surface area contributed by atoms with Crippen LogP contribution < -0.4 is 16.2 Å². The van der Waals surface area contributed by atoms with Gasteiger partial charge in [-0.05, 0) is 32.0 Å². The molecule has 28 heavy (non-hydrogen) atoms. The van der Waals surface area contributed by atoms with Crippen LogP contribution in [0.15, 0.2) is 46.6 Å². The van der Waals surface area contributed by atoms with Crippen LogP contribution in [0.2, 0.25) is 0 Å². The van der Waals surface area contributed by atoms with Crippen LogP contribution in [0.5, 0.6) is 0 Å². The number of aryl methyl sites for hydroxylation is 3. The number of hydrogen-bond acceptors (Lipinski definition) is 6. The summed E-state index contributed by atoms with van der Waals surface area (Å²) in [4.78, 5) is 40.5. The average molecular weight is 397 g/mol. The van der Waals surface area contributed by atoms with Crippen molar-refractivity contribution in [3.8, 4) is 0 Å². The highest BCUT2D eigenvalue weighted by molar-refractivity contribution is 7.13. The van der Waals surface area contributed by atoms with Crippen LogP contribution in [0, 0.1) is 13.8 Å². The molecule has 0 aliphatic rings. The number of nitrogens with zero attached hydrogens (tertiary/aromatic N) is 3. The smallest absolute Gasteiger partial charge is 0.276 e. The maximum Gasteiger partial charge on any atom is 0.276 e. The summed E-state index contributed by atoms with van der Waals surface area (Å²) in [6.07, 6.45) is 0.0363. The highest BCUT2D eigenvalue weighted by Gasteiger charge is 2.12. The van der Waals surface area contributed by atoms with E-state index < -0.39 is 5.91 Å². The van der Waals surface area contributed by atoms with E-state index in [1.807, 2.05) is 31.4 Å². The number of anilines is 2. The van der Waals surface area contributed by atoms with E-state index in [4.69, 9.17) is 0 Å². The van der Waals surface area contributed by atoms with E-state index in [-0.39, 0.29) is 30.1 Å². The third-order valence-electron chi connectivity index (χ3n) is 3.82. The molecule has 0 unspecified atom stereocenters. The Hall–Kier alpha value is -3.33. The van der Waals surface area contributed by atoms with Crippen LogP contribution in [0.1, 0.15) is 28.2 Å². The maximum atomic E-state index is 12.4. The first-order chi connectivity index (χ1) is 13.4. The van der Waals surface area contributed by atoms with Crippen molar-refractivity contribution in [3.05, 3.63) is 69.1 Å². The molecular formula is C19H19N5O3S. The summed E-state index contributed by atoms with van der Waals surface area (Å²) in [5, 5.41) is 11.8. The predicted molar refractivity (Wildman–Crippen MR) is 108 cm³/mol. The van der Waals surface area contributed by atoms with Gasteiger partial charge in [0, 0.05) is 23.6 Å². The Bertz CT molecular complexity index is 1060. The van der Waals surface area contributed by atoms with Gasteiger partial charge in [0.05, 0.1) is 12.2 Å². The van der Waals surface area contributed by atoms with Crippen LogP contribution in [0.3, 0.4) is 0 Å². The predicted octanol–water partition coefficient (Wildman–Crippen LogP) is 2.60. The van der Waals surface area contributed by atoms with Crippen molar-refractivity contribution >= 4 is 34.0 Å². The number of hydrogen-bond donors (Lipinski definition) is 2. The van der Waals surface area contributed by atoms with E-state index in [0.717, 1.165) is 15.9 Å². The van der Waals surface area contributed by atoms with Crippen LogP contribution >= 0.6 is 11.3 Å². The zero-order valence-electron chi connectivity index (χ0n) is 15.4. The number of rotatable bonds is 6. The number of aromatic nitrogens is 3. The molecule has 0 saturated heterocycles. The summed E-state index contributed by atoms with van der Waals surface area (Å²) >= 11 is 1.33. The summed E-state index contributed by atoms with van der Waals surface area (Å²) in [5.74, 6) is -0.710. The topological polar surface area (TPSA) is 106 Å². The van der Waals surface area contributed by atoms with Crippen molar-refractivity contribution in [2.75, 3.05) is 10.6 Å². The second-order valence-electron chi connectivity index (χ2n) is 6.19. The SMILES string of the molecule is Cc1ccc(NC(=O)c2ccc(=O)n(CCC(=O)Nc3nc(C)cs3)n2)cc1. The first kappa shape index (κ1) is 19.4. The first-order valence-corrected chi connectivity index (χ1v) is 9.47. The number of carbonyl (C=O) groups is 2. The molecule has 0 atom stereocenters. The summed E-state index contributed by atoms with van der Waals surface area (Å²) in [7, 11) is 0. The van der Waals surface area contributed by atoms with Gasteiger partial charge in [0.1, 0.15) is 5.69 Å². The van der Waals surface area contributed by atoms with E-state index in [1.165, 1.54) is 23.5 Å². The third kappa shape index (κ3) is 5.10. The molecule has 2 amide bonds. The van der Waals surface area contributed by atoms with Crippen molar-refractivity contribution in [3.63, 3.8) is 0 Å². The van der Waals surface area contributed by atoms with Gasteiger partial charge in [-0.15, -0.1) is 11.3 Å². The standard InChI is InChI=1S/C19H19N5O3S/c1-12-3-5-14(6-4-12)21-18(27)15-7-8-17(26)24(23-15)10-9-16(25)22-19-20-13(2)11-28-19/h3-8,11H,9-10H2,1-2H3,(H,21,27)(H,20,22,25). The third-order valence-corrected chi connectivity index (χ3v) is 4.70. The van der Waals surface area contributed by atoms with Crippen molar-refractivity contribution in [2.24, 2.45) is 0 Å². The lowest BCUT2D eigenvalue weighted by Crippen LogP contribution is -2.28. The molecule has 144 valence electrons. The Morgan fingerprint density at radius 2 is 1.82 bits per heavy atom. The molecule has 0 aliphatic carbocycles. The molecule has 9 heteroatoms. The lowest BCUT2D eigenvalue weighted by Gasteiger charge is -2.08. The van der Waals surface area contributed by atoms with Gasteiger partial charge in [0.15, 0.2) is 5.13 Å². The van der Waals surface area contributed by atoms with E-state index in [2.05, 4.69) is 20.7 Å². The number of amides is 2. The molecule has 0 radical (unpaired) electrons. The zero-order valence-corrected chi connectivity index (χ0v) is 16.2. The van der Waals surface area contributed by atoms with Gasteiger partial charge in [-0.3, -0.25) is 14.4 Å². The van der Waals surface area contributed by atoms with Gasteiger partial charge in [-0.2, -0.15) is 5.10 Å². The Kier molecular flexibility index (Phi) is 5.95. The molecule has 3 aromatic rings. The molecule has 0 aliphatic heterocycles. The lowest BCUT2D eigenvalue weighted by atomic mass is 10.2. The molecule has 0 fully saturated rings. The Morgan fingerprint density at radius 3 is 2.50 bits per heavy atom. The number of benzene rings is 1. The van der Waals surface area contributed by atoms with Gasteiger partial charge in [-0.25, -0.2) is 9.67 Å². The molecule has 1 aromatic carbocycles. The van der Waals surface area contributed by atoms with Crippen LogP contribution in [0.25, 0.3) is 0 Å². The molecule has 2 aromatic heterocycles. The molecule has 0 bridgehead atoms. The quantitative estimate of drug-likeness (QED) is 0.665. The molecule has 0 spiro atoms. The van der Waals surface area contributed by atoms with Crippen molar-refractivity contribution in [1.29, 1.82) is 0 Å². The van der Waals surface area contributed by atoms with Crippen LogP contribution in [-0.4, -0.2) is 26.6 Å². The Morgan fingerprint density at radius 1 is 1.07 bits per heavy atom. The number of nitrogens with one attached hydrogen (secondary N) is 2. The minimum absolute atomic E-state index is 0.0363. The van der Waals surface area contributed by atoms with Crippen LogP contribution in [-0.2, 0) is 11.3 Å². The monoisotopic (exact) mass is 397 g/mol. The highest BCUT2D eigenvalue weighted by atomic mass is 32.1. The van der Waals surface area contributed by atoms with E-state index in [0.29, 0.717) is 10.8 Å². The summed E-state index contributed by atoms with van der Waals surface area (Å²) < 4.78 is 1.11. The van der Waals surface area contributed by atoms with Gasteiger partial charge in [0.2, 0.25) is 5.91 Å². The van der Waals surface area contributed by atoms with Crippen LogP contribution in [0.4, 0.5) is 10.8 Å². The Labute approximate surface area is 165 Å². The zero-order chi connectivity index (χ0) is 20.1. The minimum Gasteiger partial charge on any atom is -0.321 e. The van der Waals surface area contributed by atoms with Gasteiger partial charge >= 0.3 is 0 Å². The molecule has 3 rings (SSSR count). The molecular weight excluding hydrogens is 378 g/mol. The normalized spacial score (nSPS) is 10.5. The second-order valence-corrected chi connectivity index (χ2v) is 7.05.